The number of hydrogen-bond acceptors (Lipinski definition) is 2. The van der Waals surface area contributed by atoms with Crippen molar-refractivity contribution >= 4 is 5.97 Å². The predicted octanol–water partition coefficient (Wildman–Crippen LogP) is 3.06. The van der Waals surface area contributed by atoms with E-state index in [1.165, 1.54) is 0 Å². The minimum Gasteiger partial charge on any atom is -0.493 e. The van der Waals surface area contributed by atoms with Crippen molar-refractivity contribution in [2.24, 2.45) is 0 Å². The highest BCUT2D eigenvalue weighted by Gasteiger charge is 2.12. The summed E-state index contributed by atoms with van der Waals surface area (Å²) in [5.41, 5.74) is 0.891. The summed E-state index contributed by atoms with van der Waals surface area (Å²) in [6, 6.07) is 7.39. The van der Waals surface area contributed by atoms with E-state index in [9.17, 15) is 4.79 Å². The van der Waals surface area contributed by atoms with Gasteiger partial charge in [0.05, 0.1) is 18.9 Å². The number of carboxylic acids is 1. The summed E-state index contributed by atoms with van der Waals surface area (Å²) in [4.78, 5) is 10.8. The standard InChI is InChI=1S/C17H18O3/c1-3-5-6-12-20-16-10-8-14(9-11-16)15(7-4-2)13-17(18)19/h8-11,15H,6,12-13H2,1-2H3,(H,18,19). The molecule has 3 nitrogen and oxygen atoms in total. The zero-order valence-corrected chi connectivity index (χ0v) is 11.8. The van der Waals surface area contributed by atoms with Crippen molar-refractivity contribution in [2.75, 3.05) is 6.61 Å². The van der Waals surface area contributed by atoms with Gasteiger partial charge in [0, 0.05) is 6.42 Å². The Kier molecular flexibility index (Phi) is 6.79. The molecule has 0 aliphatic rings. The number of benzene rings is 1. The van der Waals surface area contributed by atoms with Crippen LogP contribution in [0.15, 0.2) is 24.3 Å². The van der Waals surface area contributed by atoms with Gasteiger partial charge in [-0.2, -0.15) is 0 Å². The van der Waals surface area contributed by atoms with E-state index in [2.05, 4.69) is 23.7 Å². The zero-order valence-electron chi connectivity index (χ0n) is 11.8. The summed E-state index contributed by atoms with van der Waals surface area (Å²) in [6.45, 7) is 4.06. The predicted molar refractivity (Wildman–Crippen MR) is 78.4 cm³/mol. The van der Waals surface area contributed by atoms with E-state index in [0.29, 0.717) is 13.0 Å². The topological polar surface area (TPSA) is 46.5 Å². The van der Waals surface area contributed by atoms with Crippen molar-refractivity contribution < 1.29 is 14.6 Å². The Morgan fingerprint density at radius 3 is 2.50 bits per heavy atom. The van der Waals surface area contributed by atoms with E-state index in [-0.39, 0.29) is 12.3 Å². The molecule has 1 N–H and O–H groups in total. The molecule has 1 aromatic rings. The molecular formula is C17H18O3. The molecule has 0 spiro atoms. The number of hydrogen-bond donors (Lipinski definition) is 1. The molecule has 1 atom stereocenters. The third-order valence-electron chi connectivity index (χ3n) is 2.65. The molecule has 0 bridgehead atoms. The average Bonchev–Trinajstić information content (AvgIpc) is 2.43. The Morgan fingerprint density at radius 2 is 1.95 bits per heavy atom. The van der Waals surface area contributed by atoms with Crippen LogP contribution in [0.1, 0.15) is 38.2 Å². The smallest absolute Gasteiger partial charge is 0.304 e. The molecule has 0 radical (unpaired) electrons. The first-order valence-electron chi connectivity index (χ1n) is 6.43. The van der Waals surface area contributed by atoms with Gasteiger partial charge in [0.1, 0.15) is 5.75 Å². The van der Waals surface area contributed by atoms with Crippen molar-refractivity contribution in [3.05, 3.63) is 29.8 Å². The van der Waals surface area contributed by atoms with E-state index in [1.807, 2.05) is 24.3 Å². The van der Waals surface area contributed by atoms with Gasteiger partial charge in [-0.1, -0.05) is 18.1 Å². The third kappa shape index (κ3) is 5.50. The molecule has 3 heteroatoms. The maximum absolute atomic E-state index is 10.8. The van der Waals surface area contributed by atoms with Crippen LogP contribution in [0.3, 0.4) is 0 Å². The van der Waals surface area contributed by atoms with E-state index in [0.717, 1.165) is 11.3 Å². The lowest BCUT2D eigenvalue weighted by atomic mass is 9.96. The van der Waals surface area contributed by atoms with Gasteiger partial charge in [0.25, 0.3) is 0 Å². The molecule has 0 aliphatic carbocycles. The second-order valence-electron chi connectivity index (χ2n) is 4.14. The van der Waals surface area contributed by atoms with E-state index < -0.39 is 5.97 Å². The number of carboxylic acid groups (broad SMARTS) is 1. The summed E-state index contributed by atoms with van der Waals surface area (Å²) in [5, 5.41) is 8.89. The number of aliphatic carboxylic acids is 1. The normalized spacial score (nSPS) is 10.5. The Labute approximate surface area is 120 Å². The van der Waals surface area contributed by atoms with Gasteiger partial charge < -0.3 is 9.84 Å². The highest BCUT2D eigenvalue weighted by molar-refractivity contribution is 5.69. The molecule has 104 valence electrons. The third-order valence-corrected chi connectivity index (χ3v) is 2.65. The zero-order chi connectivity index (χ0) is 14.8. The summed E-state index contributed by atoms with van der Waals surface area (Å²) in [6.07, 6.45) is 0.703. The maximum Gasteiger partial charge on any atom is 0.304 e. The number of carbonyl (C=O) groups is 1. The Morgan fingerprint density at radius 1 is 1.25 bits per heavy atom. The molecule has 0 aromatic heterocycles. The van der Waals surface area contributed by atoms with Crippen LogP contribution < -0.4 is 4.74 Å². The fraction of sp³-hybridized carbons (Fsp3) is 0.353. The van der Waals surface area contributed by atoms with Gasteiger partial charge in [-0.3, -0.25) is 4.79 Å². The van der Waals surface area contributed by atoms with Crippen LogP contribution in [-0.4, -0.2) is 17.7 Å². The minimum absolute atomic E-state index is 0.00708. The first kappa shape index (κ1) is 15.7. The van der Waals surface area contributed by atoms with Crippen LogP contribution in [0.5, 0.6) is 5.75 Å². The van der Waals surface area contributed by atoms with E-state index in [4.69, 9.17) is 9.84 Å². The van der Waals surface area contributed by atoms with Crippen molar-refractivity contribution in [3.8, 4) is 29.4 Å². The van der Waals surface area contributed by atoms with Gasteiger partial charge in [0.2, 0.25) is 0 Å². The summed E-state index contributed by atoms with van der Waals surface area (Å²) < 4.78 is 5.53. The molecular weight excluding hydrogens is 252 g/mol. The van der Waals surface area contributed by atoms with Crippen molar-refractivity contribution in [1.29, 1.82) is 0 Å². The number of ether oxygens (including phenoxy) is 1. The van der Waals surface area contributed by atoms with Gasteiger partial charge in [0.15, 0.2) is 0 Å². The van der Waals surface area contributed by atoms with Crippen LogP contribution in [0.4, 0.5) is 0 Å². The summed E-state index contributed by atoms with van der Waals surface area (Å²) >= 11 is 0. The Balaban J connectivity index is 2.68. The highest BCUT2D eigenvalue weighted by atomic mass is 16.5. The van der Waals surface area contributed by atoms with E-state index >= 15 is 0 Å². The molecule has 20 heavy (non-hydrogen) atoms. The quantitative estimate of drug-likeness (QED) is 0.638. The molecule has 0 amide bonds. The van der Waals surface area contributed by atoms with Crippen LogP contribution in [0.25, 0.3) is 0 Å². The second kappa shape index (κ2) is 8.67. The minimum atomic E-state index is -0.851. The van der Waals surface area contributed by atoms with Crippen molar-refractivity contribution in [2.45, 2.75) is 32.6 Å². The van der Waals surface area contributed by atoms with E-state index in [1.54, 1.807) is 13.8 Å². The van der Waals surface area contributed by atoms with Gasteiger partial charge in [-0.05, 0) is 31.5 Å². The lowest BCUT2D eigenvalue weighted by molar-refractivity contribution is -0.137. The van der Waals surface area contributed by atoms with Crippen LogP contribution in [0, 0.1) is 23.7 Å². The number of rotatable bonds is 6. The van der Waals surface area contributed by atoms with Crippen molar-refractivity contribution in [1.82, 2.24) is 0 Å². The highest BCUT2D eigenvalue weighted by Crippen LogP contribution is 2.22. The average molecular weight is 270 g/mol. The van der Waals surface area contributed by atoms with Crippen LogP contribution in [-0.2, 0) is 4.79 Å². The first-order valence-corrected chi connectivity index (χ1v) is 6.43. The summed E-state index contributed by atoms with van der Waals surface area (Å²) in [7, 11) is 0. The first-order chi connectivity index (χ1) is 9.67. The molecule has 0 fully saturated rings. The summed E-state index contributed by atoms with van der Waals surface area (Å²) in [5.74, 6) is 11.1. The van der Waals surface area contributed by atoms with Crippen LogP contribution in [0.2, 0.25) is 0 Å². The molecule has 0 aliphatic heterocycles. The molecule has 1 aromatic carbocycles. The Hall–Kier alpha value is -2.39. The van der Waals surface area contributed by atoms with Crippen molar-refractivity contribution in [3.63, 3.8) is 0 Å². The van der Waals surface area contributed by atoms with Crippen LogP contribution >= 0.6 is 0 Å². The van der Waals surface area contributed by atoms with Gasteiger partial charge in [-0.25, -0.2) is 0 Å². The fourth-order valence-corrected chi connectivity index (χ4v) is 1.74. The second-order valence-corrected chi connectivity index (χ2v) is 4.14. The van der Waals surface area contributed by atoms with Gasteiger partial charge >= 0.3 is 5.97 Å². The molecule has 0 saturated heterocycles. The van der Waals surface area contributed by atoms with Gasteiger partial charge in [-0.15, -0.1) is 17.8 Å². The maximum atomic E-state index is 10.8. The lowest BCUT2D eigenvalue weighted by Gasteiger charge is -2.10. The SMILES string of the molecule is CC#CCCOc1ccc(C(C#CC)CC(=O)O)cc1. The molecule has 1 unspecified atom stereocenters. The molecule has 1 rings (SSSR count). The Bertz CT molecular complexity index is 550. The molecule has 0 saturated carbocycles. The fourth-order valence-electron chi connectivity index (χ4n) is 1.74. The largest absolute Gasteiger partial charge is 0.493 e. The lowest BCUT2D eigenvalue weighted by Crippen LogP contribution is -2.04. The monoisotopic (exact) mass is 270 g/mol. The molecule has 0 heterocycles.